The molecule has 2 heterocycles. The molecule has 3 aromatic rings. The van der Waals surface area contributed by atoms with Gasteiger partial charge in [-0.3, -0.25) is 4.79 Å². The zero-order chi connectivity index (χ0) is 22.1. The Morgan fingerprint density at radius 3 is 2.60 bits per heavy atom. The molecule has 0 bridgehead atoms. The van der Waals surface area contributed by atoms with Crippen LogP contribution in [0.4, 0.5) is 0 Å². The lowest BCUT2D eigenvalue weighted by Gasteiger charge is -2.13. The lowest BCUT2D eigenvalue weighted by molar-refractivity contribution is 0.521. The molecule has 10 heteroatoms. The molecule has 0 saturated heterocycles. The molecule has 30 heavy (non-hydrogen) atoms. The molecule has 0 aliphatic rings. The van der Waals surface area contributed by atoms with E-state index in [1.807, 2.05) is 13.0 Å². The van der Waals surface area contributed by atoms with Crippen molar-refractivity contribution >= 4 is 32.8 Å². The summed E-state index contributed by atoms with van der Waals surface area (Å²) in [7, 11) is -0.513. The van der Waals surface area contributed by atoms with Crippen LogP contribution in [0.1, 0.15) is 43.5 Å². The van der Waals surface area contributed by atoms with E-state index in [0.717, 1.165) is 30.1 Å². The van der Waals surface area contributed by atoms with Gasteiger partial charge in [0.15, 0.2) is 5.16 Å². The van der Waals surface area contributed by atoms with Crippen LogP contribution in [-0.4, -0.2) is 46.3 Å². The summed E-state index contributed by atoms with van der Waals surface area (Å²) in [6.45, 7) is 6.66. The summed E-state index contributed by atoms with van der Waals surface area (Å²) in [5.41, 5.74) is 2.01. The number of nitrogens with one attached hydrogen (secondary N) is 1. The van der Waals surface area contributed by atoms with Crippen LogP contribution >= 0.6 is 11.8 Å². The summed E-state index contributed by atoms with van der Waals surface area (Å²) < 4.78 is 28.3. The number of nitrogens with zero attached hydrogens (tertiary/aromatic N) is 4. The predicted molar refractivity (Wildman–Crippen MR) is 119 cm³/mol. The molecule has 2 aromatic heterocycles. The molecule has 0 radical (unpaired) electrons. The maximum Gasteiger partial charge on any atom is 0.251 e. The first-order chi connectivity index (χ1) is 14.1. The lowest BCUT2D eigenvalue weighted by Crippen LogP contribution is -2.22. The Balaban J connectivity index is 2.04. The number of H-pyrrole nitrogens is 1. The fraction of sp³-hybridized carbons (Fsp3) is 0.450. The van der Waals surface area contributed by atoms with Gasteiger partial charge in [0, 0.05) is 32.4 Å². The van der Waals surface area contributed by atoms with E-state index in [9.17, 15) is 13.2 Å². The number of benzene rings is 1. The minimum Gasteiger partial charge on any atom is -0.319 e. The highest BCUT2D eigenvalue weighted by Crippen LogP contribution is 2.35. The summed E-state index contributed by atoms with van der Waals surface area (Å²) in [6.07, 6.45) is 2.00. The fourth-order valence-corrected chi connectivity index (χ4v) is 5.02. The van der Waals surface area contributed by atoms with Crippen molar-refractivity contribution in [2.24, 2.45) is 0 Å². The molecule has 8 nitrogen and oxygen atoms in total. The van der Waals surface area contributed by atoms with E-state index in [1.165, 1.54) is 36.2 Å². The average molecular weight is 450 g/mol. The highest BCUT2D eigenvalue weighted by Gasteiger charge is 2.21. The number of unbranched alkanes of at least 4 members (excludes halogenated alkanes) is 1. The Hall–Kier alpha value is -2.17. The molecular formula is C20H27N5O3S2. The minimum absolute atomic E-state index is 0.125. The summed E-state index contributed by atoms with van der Waals surface area (Å²) in [6, 6.07) is 6.52. The van der Waals surface area contributed by atoms with Gasteiger partial charge in [-0.25, -0.2) is 22.7 Å². The van der Waals surface area contributed by atoms with Gasteiger partial charge < -0.3 is 9.55 Å². The minimum atomic E-state index is -3.54. The fourth-order valence-electron chi connectivity index (χ4n) is 3.09. The first-order valence-corrected chi connectivity index (χ1v) is 12.1. The van der Waals surface area contributed by atoms with Crippen molar-refractivity contribution in [3.05, 3.63) is 46.1 Å². The Kier molecular flexibility index (Phi) is 6.68. The predicted octanol–water partition coefficient (Wildman–Crippen LogP) is 3.33. The molecule has 0 unspecified atom stereocenters. The van der Waals surface area contributed by atoms with E-state index < -0.39 is 10.0 Å². The summed E-state index contributed by atoms with van der Waals surface area (Å²) in [4.78, 5) is 24.0. The lowest BCUT2D eigenvalue weighted by atomic mass is 10.3. The zero-order valence-corrected chi connectivity index (χ0v) is 19.5. The van der Waals surface area contributed by atoms with Gasteiger partial charge in [-0.15, -0.1) is 0 Å². The molecule has 1 aromatic carbocycles. The van der Waals surface area contributed by atoms with Gasteiger partial charge >= 0.3 is 0 Å². The standard InChI is InChI=1S/C20H27N5O3S2/c1-6-7-10-25-17-9-8-15(30(27,28)24(4)5)12-16(17)22-20(25)29-14(3)19-21-13(2)11-18(26)23-19/h8-9,11-12,14H,6-7,10H2,1-5H3,(H,21,23,26)/t14-/m1/s1. The van der Waals surface area contributed by atoms with E-state index in [2.05, 4.69) is 21.5 Å². The molecular weight excluding hydrogens is 422 g/mol. The van der Waals surface area contributed by atoms with Gasteiger partial charge in [0.2, 0.25) is 10.0 Å². The number of sulfonamides is 1. The van der Waals surface area contributed by atoms with E-state index in [4.69, 9.17) is 4.98 Å². The van der Waals surface area contributed by atoms with E-state index in [0.29, 0.717) is 17.0 Å². The Labute approximate surface area is 180 Å². The van der Waals surface area contributed by atoms with E-state index in [-0.39, 0.29) is 15.7 Å². The van der Waals surface area contributed by atoms with E-state index in [1.54, 1.807) is 19.1 Å². The number of hydrogen-bond acceptors (Lipinski definition) is 6. The second-order valence-electron chi connectivity index (χ2n) is 7.37. The van der Waals surface area contributed by atoms with E-state index >= 15 is 0 Å². The number of aromatic nitrogens is 4. The van der Waals surface area contributed by atoms with Crippen LogP contribution in [0.15, 0.2) is 39.1 Å². The first-order valence-electron chi connectivity index (χ1n) is 9.80. The number of hydrogen-bond donors (Lipinski definition) is 1. The van der Waals surface area contributed by atoms with Gasteiger partial charge in [0.1, 0.15) is 5.82 Å². The molecule has 0 aliphatic heterocycles. The highest BCUT2D eigenvalue weighted by atomic mass is 32.2. The number of fused-ring (bicyclic) bond motifs is 1. The SMILES string of the molecule is CCCCn1c(S[C@H](C)c2nc(C)cc(=O)[nH]2)nc2cc(S(=O)(=O)N(C)C)ccc21. The number of thioether (sulfide) groups is 1. The molecule has 0 spiro atoms. The van der Waals surface area contributed by atoms with Gasteiger partial charge in [-0.05, 0) is 38.5 Å². The molecule has 0 aliphatic carbocycles. The van der Waals surface area contributed by atoms with Crippen LogP contribution in [0.5, 0.6) is 0 Å². The quantitative estimate of drug-likeness (QED) is 0.530. The largest absolute Gasteiger partial charge is 0.319 e. The third-order valence-corrected chi connectivity index (χ3v) is 7.66. The van der Waals surface area contributed by atoms with Crippen LogP contribution in [0, 0.1) is 6.92 Å². The number of imidazole rings is 1. The smallest absolute Gasteiger partial charge is 0.251 e. The first kappa shape index (κ1) is 22.5. The summed E-state index contributed by atoms with van der Waals surface area (Å²) in [5.74, 6) is 0.593. The van der Waals surface area contributed by atoms with Crippen LogP contribution < -0.4 is 5.56 Å². The maximum atomic E-state index is 12.5. The highest BCUT2D eigenvalue weighted by molar-refractivity contribution is 7.99. The van der Waals surface area contributed by atoms with Crippen LogP contribution in [0.2, 0.25) is 0 Å². The maximum absolute atomic E-state index is 12.5. The Morgan fingerprint density at radius 1 is 1.23 bits per heavy atom. The summed E-state index contributed by atoms with van der Waals surface area (Å²) in [5, 5.41) is 0.647. The molecule has 0 saturated carbocycles. The van der Waals surface area contributed by atoms with Gasteiger partial charge in [0.05, 0.1) is 21.2 Å². The van der Waals surface area contributed by atoms with Crippen molar-refractivity contribution < 1.29 is 8.42 Å². The van der Waals surface area contributed by atoms with Gasteiger partial charge in [0.25, 0.3) is 5.56 Å². The molecule has 1 atom stereocenters. The van der Waals surface area contributed by atoms with Crippen LogP contribution in [-0.2, 0) is 16.6 Å². The normalized spacial score (nSPS) is 13.3. The van der Waals surface area contributed by atoms with Crippen molar-refractivity contribution in [2.45, 2.75) is 55.5 Å². The summed E-state index contributed by atoms with van der Waals surface area (Å²) >= 11 is 1.50. The van der Waals surface area contributed by atoms with Gasteiger partial charge in [-0.1, -0.05) is 25.1 Å². The Morgan fingerprint density at radius 2 is 1.97 bits per heavy atom. The number of aryl methyl sites for hydroxylation is 2. The zero-order valence-electron chi connectivity index (χ0n) is 17.8. The van der Waals surface area contributed by atoms with Crippen molar-refractivity contribution in [3.63, 3.8) is 0 Å². The third-order valence-electron chi connectivity index (χ3n) is 4.75. The second-order valence-corrected chi connectivity index (χ2v) is 10.8. The molecule has 1 N–H and O–H groups in total. The molecule has 162 valence electrons. The van der Waals surface area contributed by atoms with Crippen LogP contribution in [0.25, 0.3) is 11.0 Å². The van der Waals surface area contributed by atoms with Crippen molar-refractivity contribution in [3.8, 4) is 0 Å². The topological polar surface area (TPSA) is 101 Å². The third kappa shape index (κ3) is 4.60. The number of aromatic amines is 1. The average Bonchev–Trinajstić information content (AvgIpc) is 3.01. The monoisotopic (exact) mass is 449 g/mol. The van der Waals surface area contributed by atoms with Crippen molar-refractivity contribution in [1.82, 2.24) is 23.8 Å². The second kappa shape index (κ2) is 8.91. The Bertz CT molecular complexity index is 1210. The molecule has 0 fully saturated rings. The van der Waals surface area contributed by atoms with Crippen molar-refractivity contribution in [2.75, 3.05) is 14.1 Å². The van der Waals surface area contributed by atoms with Gasteiger partial charge in [-0.2, -0.15) is 0 Å². The van der Waals surface area contributed by atoms with Crippen molar-refractivity contribution in [1.29, 1.82) is 0 Å². The number of rotatable bonds is 8. The molecule has 0 amide bonds. The molecule has 3 rings (SSSR count). The van der Waals surface area contributed by atoms with Crippen LogP contribution in [0.3, 0.4) is 0 Å².